The lowest BCUT2D eigenvalue weighted by Gasteiger charge is -2.29. The average molecular weight is 272 g/mol. The lowest BCUT2D eigenvalue weighted by molar-refractivity contribution is -0.122. The highest BCUT2D eigenvalue weighted by atomic mass is 16.2. The van der Waals surface area contributed by atoms with E-state index in [-0.39, 0.29) is 11.9 Å². The summed E-state index contributed by atoms with van der Waals surface area (Å²) in [6, 6.07) is 8.39. The molecule has 0 saturated heterocycles. The van der Waals surface area contributed by atoms with E-state index in [1.165, 1.54) is 37.7 Å². The van der Waals surface area contributed by atoms with Gasteiger partial charge in [0.25, 0.3) is 0 Å². The predicted molar refractivity (Wildman–Crippen MR) is 81.7 cm³/mol. The van der Waals surface area contributed by atoms with Gasteiger partial charge in [0.15, 0.2) is 0 Å². The van der Waals surface area contributed by atoms with Crippen LogP contribution in [0, 0.1) is 5.92 Å². The molecule has 0 bridgehead atoms. The first kappa shape index (κ1) is 13.5. The molecule has 2 atom stereocenters. The molecule has 0 radical (unpaired) electrons. The normalized spacial score (nSPS) is 23.8. The van der Waals surface area contributed by atoms with Crippen molar-refractivity contribution in [1.29, 1.82) is 0 Å². The largest absolute Gasteiger partial charge is 0.373 e. The Labute approximate surface area is 121 Å². The molecule has 20 heavy (non-hydrogen) atoms. The number of carbonyl (C=O) groups excluding carboxylic acids is 1. The molecular formula is C17H24N2O. The highest BCUT2D eigenvalue weighted by molar-refractivity contribution is 5.87. The number of carbonyl (C=O) groups is 1. The number of hydrogen-bond donors (Lipinski definition) is 2. The van der Waals surface area contributed by atoms with Gasteiger partial charge in [-0.15, -0.1) is 0 Å². The second-order valence-electron chi connectivity index (χ2n) is 6.25. The highest BCUT2D eigenvalue weighted by Gasteiger charge is 2.29. The van der Waals surface area contributed by atoms with Crippen LogP contribution in [-0.2, 0) is 11.2 Å². The lowest BCUT2D eigenvalue weighted by atomic mass is 9.84. The zero-order valence-electron chi connectivity index (χ0n) is 12.2. The van der Waals surface area contributed by atoms with Crippen LogP contribution in [0.1, 0.15) is 44.6 Å². The molecule has 1 aliphatic heterocycles. The van der Waals surface area contributed by atoms with Gasteiger partial charge in [0.2, 0.25) is 5.91 Å². The second kappa shape index (κ2) is 5.86. The summed E-state index contributed by atoms with van der Waals surface area (Å²) in [7, 11) is 0. The minimum Gasteiger partial charge on any atom is -0.373 e. The molecule has 3 rings (SSSR count). The lowest BCUT2D eigenvalue weighted by Crippen LogP contribution is -2.46. The smallest absolute Gasteiger partial charge is 0.243 e. The number of hydrogen-bond acceptors (Lipinski definition) is 2. The highest BCUT2D eigenvalue weighted by Crippen LogP contribution is 2.28. The average Bonchev–Trinajstić information content (AvgIpc) is 2.92. The van der Waals surface area contributed by atoms with Crippen molar-refractivity contribution in [2.45, 2.75) is 57.5 Å². The Morgan fingerprint density at radius 3 is 2.75 bits per heavy atom. The molecule has 1 unspecified atom stereocenters. The number of benzene rings is 1. The van der Waals surface area contributed by atoms with Gasteiger partial charge in [-0.2, -0.15) is 0 Å². The third-order valence-electron chi connectivity index (χ3n) is 4.81. The molecule has 2 aliphatic rings. The Kier molecular flexibility index (Phi) is 3.95. The first-order chi connectivity index (χ1) is 9.74. The van der Waals surface area contributed by atoms with Crippen molar-refractivity contribution in [2.24, 2.45) is 5.92 Å². The molecule has 0 spiro atoms. The van der Waals surface area contributed by atoms with Crippen molar-refractivity contribution in [3.05, 3.63) is 29.8 Å². The molecule has 1 amide bonds. The summed E-state index contributed by atoms with van der Waals surface area (Å²) >= 11 is 0. The van der Waals surface area contributed by atoms with E-state index in [9.17, 15) is 4.79 Å². The van der Waals surface area contributed by atoms with E-state index in [4.69, 9.17) is 0 Å². The van der Waals surface area contributed by atoms with E-state index in [0.717, 1.165) is 12.1 Å². The molecule has 108 valence electrons. The second-order valence-corrected chi connectivity index (χ2v) is 6.25. The van der Waals surface area contributed by atoms with E-state index in [1.807, 2.05) is 18.2 Å². The summed E-state index contributed by atoms with van der Waals surface area (Å²) < 4.78 is 0. The van der Waals surface area contributed by atoms with Gasteiger partial charge < -0.3 is 10.6 Å². The Hall–Kier alpha value is -1.51. The molecule has 1 saturated carbocycles. The minimum atomic E-state index is -0.0987. The quantitative estimate of drug-likeness (QED) is 0.887. The van der Waals surface area contributed by atoms with Crippen LogP contribution in [0.25, 0.3) is 0 Å². The number of para-hydroxylation sites is 1. The molecule has 0 aromatic heterocycles. The van der Waals surface area contributed by atoms with Crippen molar-refractivity contribution in [2.75, 3.05) is 5.32 Å². The van der Waals surface area contributed by atoms with Crippen LogP contribution in [0.5, 0.6) is 0 Å². The van der Waals surface area contributed by atoms with Gasteiger partial charge in [0.05, 0.1) is 0 Å². The zero-order valence-corrected chi connectivity index (χ0v) is 12.2. The Balaban J connectivity index is 1.55. The van der Waals surface area contributed by atoms with Gasteiger partial charge in [-0.1, -0.05) is 37.5 Å². The fraction of sp³-hybridized carbons (Fsp3) is 0.588. The number of rotatable bonds is 3. The summed E-state index contributed by atoms with van der Waals surface area (Å²) in [5.41, 5.74) is 2.36. The molecule has 3 nitrogen and oxygen atoms in total. The fourth-order valence-electron chi connectivity index (χ4n) is 3.53. The Bertz CT molecular complexity index is 455. The van der Waals surface area contributed by atoms with Crippen LogP contribution < -0.4 is 10.6 Å². The van der Waals surface area contributed by atoms with Crippen molar-refractivity contribution in [3.63, 3.8) is 0 Å². The van der Waals surface area contributed by atoms with Crippen molar-refractivity contribution >= 4 is 11.6 Å². The molecule has 1 fully saturated rings. The molecule has 1 aliphatic carbocycles. The van der Waals surface area contributed by atoms with Gasteiger partial charge in [-0.25, -0.2) is 0 Å². The molecular weight excluding hydrogens is 248 g/mol. The maximum absolute atomic E-state index is 12.4. The Morgan fingerprint density at radius 1 is 1.25 bits per heavy atom. The fourth-order valence-corrected chi connectivity index (χ4v) is 3.53. The van der Waals surface area contributed by atoms with Crippen LogP contribution >= 0.6 is 0 Å². The van der Waals surface area contributed by atoms with Gasteiger partial charge in [0.1, 0.15) is 6.04 Å². The minimum absolute atomic E-state index is 0.0987. The van der Waals surface area contributed by atoms with Crippen molar-refractivity contribution in [1.82, 2.24) is 5.32 Å². The molecule has 3 heteroatoms. The maximum atomic E-state index is 12.4. The van der Waals surface area contributed by atoms with Gasteiger partial charge >= 0.3 is 0 Å². The molecule has 1 heterocycles. The molecule has 2 N–H and O–H groups in total. The third kappa shape index (κ3) is 2.82. The van der Waals surface area contributed by atoms with E-state index >= 15 is 0 Å². The van der Waals surface area contributed by atoms with Crippen molar-refractivity contribution in [3.8, 4) is 0 Å². The predicted octanol–water partition coefficient (Wildman–Crippen LogP) is 3.11. The number of amides is 1. The number of anilines is 1. The maximum Gasteiger partial charge on any atom is 0.243 e. The van der Waals surface area contributed by atoms with Gasteiger partial charge in [-0.3, -0.25) is 4.79 Å². The van der Waals surface area contributed by atoms with Crippen molar-refractivity contribution < 1.29 is 4.79 Å². The van der Waals surface area contributed by atoms with Crippen LogP contribution in [-0.4, -0.2) is 18.0 Å². The van der Waals surface area contributed by atoms with Crippen LogP contribution in [0.4, 0.5) is 5.69 Å². The van der Waals surface area contributed by atoms with Gasteiger partial charge in [-0.05, 0) is 37.3 Å². The monoisotopic (exact) mass is 272 g/mol. The van der Waals surface area contributed by atoms with E-state index in [0.29, 0.717) is 12.0 Å². The summed E-state index contributed by atoms with van der Waals surface area (Å²) in [4.78, 5) is 12.4. The van der Waals surface area contributed by atoms with Gasteiger partial charge in [0, 0.05) is 18.2 Å². The zero-order chi connectivity index (χ0) is 13.9. The summed E-state index contributed by atoms with van der Waals surface area (Å²) in [5, 5.41) is 6.56. The van der Waals surface area contributed by atoms with Crippen LogP contribution in [0.2, 0.25) is 0 Å². The van der Waals surface area contributed by atoms with E-state index in [2.05, 4.69) is 23.6 Å². The first-order valence-electron chi connectivity index (χ1n) is 7.89. The number of fused-ring (bicyclic) bond motifs is 1. The Morgan fingerprint density at radius 2 is 2.00 bits per heavy atom. The topological polar surface area (TPSA) is 41.1 Å². The van der Waals surface area contributed by atoms with Crippen LogP contribution in [0.3, 0.4) is 0 Å². The SMILES string of the molecule is CC(NC(=O)[C@@H]1Cc2ccccc2N1)C1CCCCC1. The first-order valence-corrected chi connectivity index (χ1v) is 7.89. The summed E-state index contributed by atoms with van der Waals surface area (Å²) in [5.74, 6) is 0.816. The van der Waals surface area contributed by atoms with Crippen LogP contribution in [0.15, 0.2) is 24.3 Å². The van der Waals surface area contributed by atoms with E-state index in [1.54, 1.807) is 0 Å². The summed E-state index contributed by atoms with van der Waals surface area (Å²) in [6.07, 6.45) is 7.32. The third-order valence-corrected chi connectivity index (χ3v) is 4.81. The molecule has 1 aromatic rings. The summed E-state index contributed by atoms with van der Waals surface area (Å²) in [6.45, 7) is 2.16. The van der Waals surface area contributed by atoms with E-state index < -0.39 is 0 Å². The number of nitrogens with one attached hydrogen (secondary N) is 2. The standard InChI is InChI=1S/C17H24N2O/c1-12(13-7-3-2-4-8-13)18-17(20)16-11-14-9-5-6-10-15(14)19-16/h5-6,9-10,12-13,16,19H,2-4,7-8,11H2,1H3,(H,18,20)/t12?,16-/m0/s1. The molecule has 1 aromatic carbocycles.